The van der Waals surface area contributed by atoms with Crippen molar-refractivity contribution >= 4 is 21.8 Å². The molecule has 2 rings (SSSR count). The summed E-state index contributed by atoms with van der Waals surface area (Å²) < 4.78 is 13.7. The maximum Gasteiger partial charge on any atom is 0.255 e. The number of hydrogen-bond acceptors (Lipinski definition) is 2. The summed E-state index contributed by atoms with van der Waals surface area (Å²) >= 11 is 3.15. The van der Waals surface area contributed by atoms with Crippen LogP contribution in [0.5, 0.6) is 0 Å². The predicted molar refractivity (Wildman–Crippen MR) is 76.4 cm³/mol. The minimum Gasteiger partial charge on any atom is -0.334 e. The number of amides is 1. The molecule has 0 radical (unpaired) electrons. The van der Waals surface area contributed by atoms with Crippen LogP contribution < -0.4 is 5.73 Å². The molecule has 1 amide bonds. The minimum atomic E-state index is -0.416. The van der Waals surface area contributed by atoms with E-state index in [2.05, 4.69) is 22.9 Å². The molecular weight excluding hydrogens is 311 g/mol. The average Bonchev–Trinajstić information content (AvgIpc) is 2.41. The van der Waals surface area contributed by atoms with Gasteiger partial charge in [-0.1, -0.05) is 13.0 Å². The van der Waals surface area contributed by atoms with E-state index < -0.39 is 5.82 Å². The SMILES string of the molecule is CC1CCN(C(=O)c2cccc(F)c2Br)C(CN)C1. The van der Waals surface area contributed by atoms with Crippen molar-refractivity contribution in [2.45, 2.75) is 25.8 Å². The lowest BCUT2D eigenvalue weighted by Gasteiger charge is -2.38. The fourth-order valence-corrected chi connectivity index (χ4v) is 3.00. The highest BCUT2D eigenvalue weighted by Crippen LogP contribution is 2.27. The van der Waals surface area contributed by atoms with Crippen molar-refractivity contribution in [3.63, 3.8) is 0 Å². The summed E-state index contributed by atoms with van der Waals surface area (Å²) in [6.45, 7) is 3.30. The topological polar surface area (TPSA) is 46.3 Å². The first-order valence-corrected chi connectivity index (χ1v) is 7.29. The van der Waals surface area contributed by atoms with Crippen molar-refractivity contribution in [3.8, 4) is 0 Å². The second kappa shape index (κ2) is 6.01. The summed E-state index contributed by atoms with van der Waals surface area (Å²) in [6, 6.07) is 4.57. The van der Waals surface area contributed by atoms with Crippen molar-refractivity contribution < 1.29 is 9.18 Å². The molecule has 1 aromatic rings. The van der Waals surface area contributed by atoms with Crippen LogP contribution in [0.3, 0.4) is 0 Å². The van der Waals surface area contributed by atoms with Crippen molar-refractivity contribution in [2.24, 2.45) is 11.7 Å². The number of rotatable bonds is 2. The van der Waals surface area contributed by atoms with Crippen LogP contribution in [-0.2, 0) is 0 Å². The third-order valence-electron chi connectivity index (χ3n) is 3.69. The van der Waals surface area contributed by atoms with Gasteiger partial charge in [0.1, 0.15) is 5.82 Å². The third kappa shape index (κ3) is 2.98. The summed E-state index contributed by atoms with van der Waals surface area (Å²) in [7, 11) is 0. The Hall–Kier alpha value is -0.940. The van der Waals surface area contributed by atoms with E-state index in [0.717, 1.165) is 12.8 Å². The van der Waals surface area contributed by atoms with Gasteiger partial charge >= 0.3 is 0 Å². The lowest BCUT2D eigenvalue weighted by molar-refractivity contribution is 0.0572. The van der Waals surface area contributed by atoms with Crippen LogP contribution in [0.2, 0.25) is 0 Å². The third-order valence-corrected chi connectivity index (χ3v) is 4.50. The molecule has 2 unspecified atom stereocenters. The smallest absolute Gasteiger partial charge is 0.255 e. The van der Waals surface area contributed by atoms with Gasteiger partial charge in [0.25, 0.3) is 5.91 Å². The molecule has 1 heterocycles. The molecule has 0 aliphatic carbocycles. The van der Waals surface area contributed by atoms with Gasteiger partial charge in [-0.25, -0.2) is 4.39 Å². The van der Waals surface area contributed by atoms with E-state index in [4.69, 9.17) is 5.73 Å². The van der Waals surface area contributed by atoms with E-state index >= 15 is 0 Å². The molecule has 2 atom stereocenters. The Labute approximate surface area is 121 Å². The molecule has 1 fully saturated rings. The zero-order valence-electron chi connectivity index (χ0n) is 10.9. The number of hydrogen-bond donors (Lipinski definition) is 1. The van der Waals surface area contributed by atoms with Gasteiger partial charge in [0.05, 0.1) is 10.0 Å². The lowest BCUT2D eigenvalue weighted by Crippen LogP contribution is -2.49. The molecule has 2 N–H and O–H groups in total. The van der Waals surface area contributed by atoms with Crippen molar-refractivity contribution in [1.82, 2.24) is 4.90 Å². The first-order chi connectivity index (χ1) is 9.04. The van der Waals surface area contributed by atoms with Gasteiger partial charge in [-0.3, -0.25) is 4.79 Å². The molecule has 0 spiro atoms. The summed E-state index contributed by atoms with van der Waals surface area (Å²) in [5, 5.41) is 0. The van der Waals surface area contributed by atoms with Crippen molar-refractivity contribution in [2.75, 3.05) is 13.1 Å². The number of carbonyl (C=O) groups excluding carboxylic acids is 1. The first kappa shape index (κ1) is 14.5. The number of piperidine rings is 1. The van der Waals surface area contributed by atoms with Crippen LogP contribution in [0.25, 0.3) is 0 Å². The number of carbonyl (C=O) groups is 1. The minimum absolute atomic E-state index is 0.0476. The van der Waals surface area contributed by atoms with E-state index in [-0.39, 0.29) is 16.4 Å². The largest absolute Gasteiger partial charge is 0.334 e. The van der Waals surface area contributed by atoms with Crippen LogP contribution in [-0.4, -0.2) is 29.9 Å². The fraction of sp³-hybridized carbons (Fsp3) is 0.500. The summed E-state index contributed by atoms with van der Waals surface area (Å²) in [5.74, 6) is 0.0165. The van der Waals surface area contributed by atoms with Gasteiger partial charge in [-0.05, 0) is 46.8 Å². The molecule has 0 saturated carbocycles. The van der Waals surface area contributed by atoms with Crippen LogP contribution in [0.15, 0.2) is 22.7 Å². The van der Waals surface area contributed by atoms with E-state index in [9.17, 15) is 9.18 Å². The fourth-order valence-electron chi connectivity index (χ4n) is 2.57. The highest BCUT2D eigenvalue weighted by atomic mass is 79.9. The van der Waals surface area contributed by atoms with Gasteiger partial charge < -0.3 is 10.6 Å². The van der Waals surface area contributed by atoms with Crippen LogP contribution in [0, 0.1) is 11.7 Å². The Kier molecular flexibility index (Phi) is 4.58. The monoisotopic (exact) mass is 328 g/mol. The van der Waals surface area contributed by atoms with Gasteiger partial charge in [0, 0.05) is 19.1 Å². The maximum absolute atomic E-state index is 13.5. The Balaban J connectivity index is 2.25. The summed E-state index contributed by atoms with van der Waals surface area (Å²) in [6.07, 6.45) is 1.88. The first-order valence-electron chi connectivity index (χ1n) is 6.49. The highest BCUT2D eigenvalue weighted by Gasteiger charge is 2.30. The molecular formula is C14H18BrFN2O. The maximum atomic E-state index is 13.5. The lowest BCUT2D eigenvalue weighted by atomic mass is 9.92. The molecule has 104 valence electrons. The molecule has 1 aromatic carbocycles. The molecule has 0 aromatic heterocycles. The Morgan fingerprint density at radius 3 is 3.00 bits per heavy atom. The van der Waals surface area contributed by atoms with E-state index in [1.165, 1.54) is 6.07 Å². The molecule has 0 bridgehead atoms. The molecule has 5 heteroatoms. The number of nitrogens with two attached hydrogens (primary N) is 1. The van der Waals surface area contributed by atoms with Gasteiger partial charge in [0.2, 0.25) is 0 Å². The molecule has 3 nitrogen and oxygen atoms in total. The summed E-state index contributed by atoms with van der Waals surface area (Å²) in [4.78, 5) is 14.3. The second-order valence-corrected chi connectivity index (χ2v) is 5.91. The number of halogens is 2. The molecule has 19 heavy (non-hydrogen) atoms. The summed E-state index contributed by atoms with van der Waals surface area (Å²) in [5.41, 5.74) is 6.13. The Morgan fingerprint density at radius 1 is 1.58 bits per heavy atom. The number of likely N-dealkylation sites (tertiary alicyclic amines) is 1. The quantitative estimate of drug-likeness (QED) is 0.907. The Morgan fingerprint density at radius 2 is 2.32 bits per heavy atom. The number of nitrogens with zero attached hydrogens (tertiary/aromatic N) is 1. The van der Waals surface area contributed by atoms with E-state index in [0.29, 0.717) is 24.6 Å². The van der Waals surface area contributed by atoms with Gasteiger partial charge in [-0.15, -0.1) is 0 Å². The normalized spacial score (nSPS) is 23.5. The van der Waals surface area contributed by atoms with Crippen molar-refractivity contribution in [1.29, 1.82) is 0 Å². The average molecular weight is 329 g/mol. The van der Waals surface area contributed by atoms with Crippen molar-refractivity contribution in [3.05, 3.63) is 34.1 Å². The second-order valence-electron chi connectivity index (χ2n) is 5.12. The van der Waals surface area contributed by atoms with E-state index in [1.807, 2.05) is 0 Å². The molecule has 1 aliphatic heterocycles. The highest BCUT2D eigenvalue weighted by molar-refractivity contribution is 9.10. The van der Waals surface area contributed by atoms with Crippen LogP contribution >= 0.6 is 15.9 Å². The van der Waals surface area contributed by atoms with E-state index in [1.54, 1.807) is 17.0 Å². The molecule has 1 aliphatic rings. The van der Waals surface area contributed by atoms with Crippen LogP contribution in [0.1, 0.15) is 30.1 Å². The zero-order chi connectivity index (χ0) is 14.0. The zero-order valence-corrected chi connectivity index (χ0v) is 12.5. The van der Waals surface area contributed by atoms with Gasteiger partial charge in [-0.2, -0.15) is 0 Å². The van der Waals surface area contributed by atoms with Gasteiger partial charge in [0.15, 0.2) is 0 Å². The molecule has 1 saturated heterocycles. The van der Waals surface area contributed by atoms with Crippen LogP contribution in [0.4, 0.5) is 4.39 Å². The standard InChI is InChI=1S/C14H18BrFN2O/c1-9-5-6-18(10(7-9)8-17)14(19)11-3-2-4-12(16)13(11)15/h2-4,9-10H,5-8,17H2,1H3. The predicted octanol–water partition coefficient (Wildman–Crippen LogP) is 2.79. The Bertz CT molecular complexity index is 481. The number of benzene rings is 1.